The molecule has 9 heteroatoms. The highest BCUT2D eigenvalue weighted by Gasteiger charge is 2.65. The Bertz CT molecular complexity index is 824. The molecule has 0 N–H and O–H groups in total. The number of halogens is 4. The van der Waals surface area contributed by atoms with E-state index in [0.29, 0.717) is 0 Å². The Morgan fingerprint density at radius 3 is 2.72 bits per heavy atom. The number of alkyl halides is 3. The number of carboxylic acid groups (broad SMARTS) is 1. The molecule has 0 unspecified atom stereocenters. The van der Waals surface area contributed by atoms with Crippen LogP contribution in [0.5, 0.6) is 0 Å². The number of benzene rings is 1. The van der Waals surface area contributed by atoms with Crippen molar-refractivity contribution < 1.29 is 32.6 Å². The lowest BCUT2D eigenvalue weighted by molar-refractivity contribution is -0.313. The number of amides is 1. The third kappa shape index (κ3) is 2.20. The topological polar surface area (TPSA) is 69.7 Å². The van der Waals surface area contributed by atoms with Gasteiger partial charge in [-0.25, -0.2) is 0 Å². The molecule has 2 fully saturated rings. The molecule has 2 saturated heterocycles. The van der Waals surface area contributed by atoms with Crippen molar-refractivity contribution in [3.8, 4) is 0 Å². The van der Waals surface area contributed by atoms with Crippen molar-refractivity contribution in [1.29, 1.82) is 0 Å². The van der Waals surface area contributed by atoms with Gasteiger partial charge in [-0.1, -0.05) is 23.8 Å². The van der Waals surface area contributed by atoms with E-state index in [2.05, 4.69) is 0 Å². The van der Waals surface area contributed by atoms with E-state index in [1.807, 2.05) is 0 Å². The molecule has 3 aliphatic rings. The first-order valence-corrected chi connectivity index (χ1v) is 7.78. The first-order valence-electron chi connectivity index (χ1n) is 7.40. The minimum Gasteiger partial charge on any atom is -0.550 e. The van der Waals surface area contributed by atoms with Crippen molar-refractivity contribution in [1.82, 2.24) is 0 Å². The smallest absolute Gasteiger partial charge is 0.416 e. The SMILES string of the molecule is O=C([O-])[C@H]1[C@H]2C=C[C@@]3(CN(c4ccc(C(F)(F)F)cc4Cl)C(=O)[C@@H]13)O2. The number of carbonyl (C=O) groups is 2. The quantitative estimate of drug-likeness (QED) is 0.736. The Morgan fingerprint density at radius 1 is 1.40 bits per heavy atom. The van der Waals surface area contributed by atoms with Crippen LogP contribution < -0.4 is 10.0 Å². The third-order valence-electron chi connectivity index (χ3n) is 4.94. The molecule has 25 heavy (non-hydrogen) atoms. The van der Waals surface area contributed by atoms with Crippen molar-refractivity contribution in [3.05, 3.63) is 40.9 Å². The van der Waals surface area contributed by atoms with E-state index in [-0.39, 0.29) is 17.3 Å². The van der Waals surface area contributed by atoms with Crippen LogP contribution in [0.3, 0.4) is 0 Å². The molecule has 1 amide bonds. The van der Waals surface area contributed by atoms with E-state index in [9.17, 15) is 27.9 Å². The highest BCUT2D eigenvalue weighted by molar-refractivity contribution is 6.34. The van der Waals surface area contributed by atoms with Gasteiger partial charge in [0.25, 0.3) is 0 Å². The van der Waals surface area contributed by atoms with E-state index < -0.39 is 47.2 Å². The van der Waals surface area contributed by atoms with Crippen molar-refractivity contribution >= 4 is 29.2 Å². The molecular weight excluding hydrogens is 363 g/mol. The molecule has 1 aromatic carbocycles. The van der Waals surface area contributed by atoms with E-state index in [0.717, 1.165) is 18.2 Å². The number of ether oxygens (including phenoxy) is 1. The summed E-state index contributed by atoms with van der Waals surface area (Å²) in [5, 5.41) is 11.1. The maximum atomic E-state index is 12.8. The average Bonchev–Trinajstić information content (AvgIpc) is 3.14. The summed E-state index contributed by atoms with van der Waals surface area (Å²) in [7, 11) is 0. The molecule has 1 spiro atoms. The standard InChI is InChI=1S/C16H11ClF3NO4/c17-8-5-7(16(18,19)20)1-2-9(8)21-6-15-4-3-10(25-15)11(14(23)24)12(15)13(21)22/h1-5,10-12H,6H2,(H,23,24)/p-1/t10-,11+,12-,15+/m1/s1. The second-order valence-corrected chi connectivity index (χ2v) is 6.71. The Kier molecular flexibility index (Phi) is 3.27. The Labute approximate surface area is 144 Å². The molecule has 4 rings (SSSR count). The van der Waals surface area contributed by atoms with Crippen LogP contribution in [-0.4, -0.2) is 30.1 Å². The summed E-state index contributed by atoms with van der Waals surface area (Å²) < 4.78 is 44.0. The highest BCUT2D eigenvalue weighted by atomic mass is 35.5. The second kappa shape index (κ2) is 4.98. The van der Waals surface area contributed by atoms with Gasteiger partial charge < -0.3 is 19.5 Å². The van der Waals surface area contributed by atoms with Crippen LogP contribution in [0.25, 0.3) is 0 Å². The predicted octanol–water partition coefficient (Wildman–Crippen LogP) is 1.40. The maximum absolute atomic E-state index is 12.8. The maximum Gasteiger partial charge on any atom is 0.416 e. The summed E-state index contributed by atoms with van der Waals surface area (Å²) in [5.74, 6) is -4.06. The number of rotatable bonds is 2. The van der Waals surface area contributed by atoms with Gasteiger partial charge in [0.1, 0.15) is 5.60 Å². The Balaban J connectivity index is 1.72. The van der Waals surface area contributed by atoms with Crippen LogP contribution >= 0.6 is 11.6 Å². The fourth-order valence-corrected chi connectivity index (χ4v) is 4.16. The van der Waals surface area contributed by atoms with Crippen LogP contribution in [0.2, 0.25) is 5.02 Å². The molecule has 3 heterocycles. The normalized spacial score (nSPS) is 33.2. The third-order valence-corrected chi connectivity index (χ3v) is 5.24. The summed E-state index contributed by atoms with van der Waals surface area (Å²) in [6.07, 6.45) is -2.08. The van der Waals surface area contributed by atoms with Gasteiger partial charge in [0.15, 0.2) is 0 Å². The Morgan fingerprint density at radius 2 is 2.12 bits per heavy atom. The van der Waals surface area contributed by atoms with Gasteiger partial charge in [0.05, 0.1) is 34.8 Å². The van der Waals surface area contributed by atoms with Crippen LogP contribution in [0.15, 0.2) is 30.4 Å². The van der Waals surface area contributed by atoms with Crippen molar-refractivity contribution in [2.75, 3.05) is 11.4 Å². The lowest BCUT2D eigenvalue weighted by Crippen LogP contribution is -2.45. The molecular formula is C16H10ClF3NO4-. The van der Waals surface area contributed by atoms with E-state index in [1.165, 1.54) is 4.90 Å². The average molecular weight is 373 g/mol. The monoisotopic (exact) mass is 372 g/mol. The number of hydrogen-bond donors (Lipinski definition) is 0. The number of fused-ring (bicyclic) bond motifs is 1. The molecule has 4 atom stereocenters. The summed E-state index contributed by atoms with van der Waals surface area (Å²) in [6.45, 7) is -0.0155. The number of hydrogen-bond acceptors (Lipinski definition) is 4. The van der Waals surface area contributed by atoms with Crippen LogP contribution in [-0.2, 0) is 20.5 Å². The lowest BCUT2D eigenvalue weighted by atomic mass is 9.77. The van der Waals surface area contributed by atoms with Gasteiger partial charge in [0, 0.05) is 11.9 Å². The van der Waals surface area contributed by atoms with Crippen molar-refractivity contribution in [3.63, 3.8) is 0 Å². The number of carbonyl (C=O) groups excluding carboxylic acids is 2. The largest absolute Gasteiger partial charge is 0.550 e. The molecule has 0 aliphatic carbocycles. The van der Waals surface area contributed by atoms with Gasteiger partial charge in [-0.05, 0) is 18.2 Å². The van der Waals surface area contributed by atoms with Gasteiger partial charge in [-0.2, -0.15) is 13.2 Å². The van der Waals surface area contributed by atoms with Crippen LogP contribution in [0, 0.1) is 11.8 Å². The zero-order chi connectivity index (χ0) is 18.1. The molecule has 3 aliphatic heterocycles. The van der Waals surface area contributed by atoms with Crippen molar-refractivity contribution in [2.45, 2.75) is 17.9 Å². The van der Waals surface area contributed by atoms with E-state index in [1.54, 1.807) is 12.2 Å². The van der Waals surface area contributed by atoms with Gasteiger partial charge in [-0.3, -0.25) is 4.79 Å². The van der Waals surface area contributed by atoms with Gasteiger partial charge >= 0.3 is 6.18 Å². The van der Waals surface area contributed by atoms with Crippen molar-refractivity contribution in [2.24, 2.45) is 11.8 Å². The second-order valence-electron chi connectivity index (χ2n) is 6.31. The molecule has 0 aromatic heterocycles. The Hall–Kier alpha value is -2.06. The molecule has 132 valence electrons. The number of anilines is 1. The van der Waals surface area contributed by atoms with E-state index in [4.69, 9.17) is 16.3 Å². The minimum absolute atomic E-state index is 0.0155. The number of carboxylic acids is 1. The summed E-state index contributed by atoms with van der Waals surface area (Å²) in [4.78, 5) is 25.3. The fraction of sp³-hybridized carbons (Fsp3) is 0.375. The summed E-state index contributed by atoms with van der Waals surface area (Å²) in [5.41, 5.74) is -1.96. The zero-order valence-electron chi connectivity index (χ0n) is 12.4. The molecule has 5 nitrogen and oxygen atoms in total. The molecule has 1 aromatic rings. The molecule has 0 saturated carbocycles. The lowest BCUT2D eigenvalue weighted by Gasteiger charge is -2.24. The van der Waals surface area contributed by atoms with Gasteiger partial charge in [-0.15, -0.1) is 0 Å². The number of nitrogens with zero attached hydrogens (tertiary/aromatic N) is 1. The molecule has 2 bridgehead atoms. The first-order chi connectivity index (χ1) is 11.6. The summed E-state index contributed by atoms with van der Waals surface area (Å²) in [6, 6.07) is 2.66. The highest BCUT2D eigenvalue weighted by Crippen LogP contribution is 2.53. The molecule has 0 radical (unpaired) electrons. The number of aliphatic carboxylic acids is 1. The van der Waals surface area contributed by atoms with Gasteiger partial charge in [0.2, 0.25) is 5.91 Å². The minimum atomic E-state index is -4.56. The fourth-order valence-electron chi connectivity index (χ4n) is 3.87. The zero-order valence-corrected chi connectivity index (χ0v) is 13.2. The summed E-state index contributed by atoms with van der Waals surface area (Å²) >= 11 is 5.95. The first kappa shape index (κ1) is 16.4. The van der Waals surface area contributed by atoms with Crippen LogP contribution in [0.1, 0.15) is 5.56 Å². The van der Waals surface area contributed by atoms with Crippen LogP contribution in [0.4, 0.5) is 18.9 Å². The predicted molar refractivity (Wildman–Crippen MR) is 77.5 cm³/mol. The van der Waals surface area contributed by atoms with E-state index >= 15 is 0 Å².